The number of hydrogen-bond acceptors (Lipinski definition) is 6. The van der Waals surface area contributed by atoms with Crippen molar-refractivity contribution in [2.45, 2.75) is 50.0 Å². The van der Waals surface area contributed by atoms with Crippen LogP contribution in [0.3, 0.4) is 0 Å². The SMILES string of the molecule is N#CC1=CC=C(CCCC(=O)O)C(NC(=O)[C@@H]2CC23CCOc2ccc(-c4ccnnc4)cc23)C1. The number of carboxylic acid groups (broad SMARTS) is 1. The minimum Gasteiger partial charge on any atom is -0.493 e. The molecule has 2 aliphatic carbocycles. The van der Waals surface area contributed by atoms with Crippen LogP contribution >= 0.6 is 0 Å². The number of carbonyl (C=O) groups excluding carboxylic acids is 1. The predicted molar refractivity (Wildman–Crippen MR) is 127 cm³/mol. The summed E-state index contributed by atoms with van der Waals surface area (Å²) >= 11 is 0. The first-order chi connectivity index (χ1) is 17.0. The molecule has 2 heterocycles. The second-order valence-electron chi connectivity index (χ2n) is 9.41. The number of benzene rings is 1. The van der Waals surface area contributed by atoms with E-state index in [9.17, 15) is 14.9 Å². The third-order valence-corrected chi connectivity index (χ3v) is 7.32. The minimum atomic E-state index is -0.838. The van der Waals surface area contributed by atoms with Gasteiger partial charge in [0.05, 0.1) is 31.1 Å². The number of rotatable bonds is 7. The van der Waals surface area contributed by atoms with E-state index in [2.05, 4.69) is 27.6 Å². The molecule has 2 N–H and O–H groups in total. The number of amides is 1. The van der Waals surface area contributed by atoms with Crippen molar-refractivity contribution >= 4 is 11.9 Å². The zero-order valence-corrected chi connectivity index (χ0v) is 19.2. The molecule has 1 aromatic heterocycles. The number of hydrogen-bond donors (Lipinski definition) is 2. The molecule has 1 saturated carbocycles. The van der Waals surface area contributed by atoms with Crippen LogP contribution in [-0.2, 0) is 15.0 Å². The molecule has 3 atom stereocenters. The van der Waals surface area contributed by atoms with Crippen molar-refractivity contribution in [3.05, 3.63) is 65.5 Å². The van der Waals surface area contributed by atoms with Crippen molar-refractivity contribution in [2.75, 3.05) is 6.61 Å². The highest BCUT2D eigenvalue weighted by molar-refractivity contribution is 5.86. The summed E-state index contributed by atoms with van der Waals surface area (Å²) in [6.07, 6.45) is 10.1. The molecular formula is C27H26N4O4. The van der Waals surface area contributed by atoms with Gasteiger partial charge in [0, 0.05) is 40.9 Å². The first-order valence-corrected chi connectivity index (χ1v) is 11.9. The van der Waals surface area contributed by atoms with Gasteiger partial charge in [0.1, 0.15) is 5.75 Å². The third-order valence-electron chi connectivity index (χ3n) is 7.32. The Morgan fingerprint density at radius 1 is 1.23 bits per heavy atom. The molecule has 0 saturated heterocycles. The Balaban J connectivity index is 1.34. The Hall–Kier alpha value is -3.99. The molecular weight excluding hydrogens is 444 g/mol. The van der Waals surface area contributed by atoms with Crippen molar-refractivity contribution in [1.82, 2.24) is 15.5 Å². The summed E-state index contributed by atoms with van der Waals surface area (Å²) in [7, 11) is 0. The number of aliphatic carboxylic acids is 1. The molecule has 0 bridgehead atoms. The molecule has 1 amide bonds. The van der Waals surface area contributed by atoms with Gasteiger partial charge in [-0.15, -0.1) is 0 Å². The normalized spacial score (nSPS) is 24.3. The summed E-state index contributed by atoms with van der Waals surface area (Å²) in [5.41, 5.74) is 4.33. The molecule has 8 heteroatoms. The topological polar surface area (TPSA) is 125 Å². The maximum absolute atomic E-state index is 13.4. The number of carboxylic acids is 1. The molecule has 2 aromatic rings. The van der Waals surface area contributed by atoms with Crippen LogP contribution in [0, 0.1) is 17.2 Å². The minimum absolute atomic E-state index is 0.0258. The van der Waals surface area contributed by atoms with Crippen molar-refractivity contribution in [2.24, 2.45) is 5.92 Å². The second kappa shape index (κ2) is 9.34. The van der Waals surface area contributed by atoms with Gasteiger partial charge < -0.3 is 15.2 Å². The van der Waals surface area contributed by atoms with Crippen LogP contribution in [0.2, 0.25) is 0 Å². The lowest BCUT2D eigenvalue weighted by molar-refractivity contribution is -0.137. The van der Waals surface area contributed by atoms with Gasteiger partial charge in [0.25, 0.3) is 0 Å². The van der Waals surface area contributed by atoms with Gasteiger partial charge in [-0.25, -0.2) is 0 Å². The smallest absolute Gasteiger partial charge is 0.303 e. The number of carbonyl (C=O) groups is 2. The van der Waals surface area contributed by atoms with Gasteiger partial charge in [-0.2, -0.15) is 15.5 Å². The van der Waals surface area contributed by atoms with Crippen LogP contribution in [0.15, 0.2) is 60.0 Å². The number of nitrogens with zero attached hydrogens (tertiary/aromatic N) is 3. The molecule has 1 spiro atoms. The maximum Gasteiger partial charge on any atom is 0.303 e. The molecule has 0 radical (unpaired) electrons. The molecule has 8 nitrogen and oxygen atoms in total. The van der Waals surface area contributed by atoms with E-state index in [0.717, 1.165) is 40.9 Å². The molecule has 1 aliphatic heterocycles. The van der Waals surface area contributed by atoms with E-state index in [0.29, 0.717) is 31.4 Å². The Kier molecular flexibility index (Phi) is 6.08. The highest BCUT2D eigenvalue weighted by Crippen LogP contribution is 2.61. The first-order valence-electron chi connectivity index (χ1n) is 11.9. The van der Waals surface area contributed by atoms with Crippen molar-refractivity contribution in [3.8, 4) is 22.9 Å². The molecule has 35 heavy (non-hydrogen) atoms. The second-order valence-corrected chi connectivity index (χ2v) is 9.41. The van der Waals surface area contributed by atoms with Crippen molar-refractivity contribution < 1.29 is 19.4 Å². The van der Waals surface area contributed by atoms with E-state index in [4.69, 9.17) is 9.84 Å². The van der Waals surface area contributed by atoms with E-state index >= 15 is 0 Å². The Labute approximate surface area is 203 Å². The molecule has 1 fully saturated rings. The number of nitrogens with one attached hydrogen (secondary N) is 1. The van der Waals surface area contributed by atoms with Gasteiger partial charge in [0.2, 0.25) is 5.91 Å². The average molecular weight is 471 g/mol. The lowest BCUT2D eigenvalue weighted by atomic mass is 9.85. The van der Waals surface area contributed by atoms with E-state index in [1.807, 2.05) is 24.3 Å². The number of aromatic nitrogens is 2. The third kappa shape index (κ3) is 4.54. The maximum atomic E-state index is 13.4. The predicted octanol–water partition coefficient (Wildman–Crippen LogP) is 3.70. The fourth-order valence-electron chi connectivity index (χ4n) is 5.33. The average Bonchev–Trinajstić information content (AvgIpc) is 3.60. The number of nitriles is 1. The Morgan fingerprint density at radius 2 is 2.11 bits per heavy atom. The summed E-state index contributed by atoms with van der Waals surface area (Å²) in [5.74, 6) is -0.218. The summed E-state index contributed by atoms with van der Waals surface area (Å²) < 4.78 is 5.92. The molecule has 3 aliphatic rings. The van der Waals surface area contributed by atoms with E-state index in [1.54, 1.807) is 18.5 Å². The van der Waals surface area contributed by atoms with Gasteiger partial charge in [-0.3, -0.25) is 9.59 Å². The molecule has 178 valence electrons. The molecule has 2 unspecified atom stereocenters. The van der Waals surface area contributed by atoms with E-state index in [1.165, 1.54) is 0 Å². The van der Waals surface area contributed by atoms with Gasteiger partial charge in [0.15, 0.2) is 0 Å². The summed E-state index contributed by atoms with van der Waals surface area (Å²) in [4.78, 5) is 24.4. The standard InChI is InChI=1S/C27H26N4O4/c28-15-17-4-5-18(2-1-3-25(32)33)23(12-17)31-26(34)22-14-27(22)9-11-35-24-7-6-19(13-21(24)27)20-8-10-29-30-16-20/h4-8,10,13,16,22-23H,1-3,9,11-12,14H2,(H,31,34)(H,32,33)/t22-,23?,27?/m0/s1. The first kappa shape index (κ1) is 22.8. The van der Waals surface area contributed by atoms with Crippen molar-refractivity contribution in [3.63, 3.8) is 0 Å². The van der Waals surface area contributed by atoms with E-state index < -0.39 is 5.97 Å². The lowest BCUT2D eigenvalue weighted by Gasteiger charge is -2.29. The summed E-state index contributed by atoms with van der Waals surface area (Å²) in [6, 6.07) is 9.87. The summed E-state index contributed by atoms with van der Waals surface area (Å²) in [6.45, 7) is 0.567. The zero-order valence-electron chi connectivity index (χ0n) is 19.2. The number of allylic oxidation sites excluding steroid dienone is 2. The van der Waals surface area contributed by atoms with Crippen LogP contribution in [0.4, 0.5) is 0 Å². The van der Waals surface area contributed by atoms with Crippen LogP contribution in [0.1, 0.15) is 44.1 Å². The number of fused-ring (bicyclic) bond motifs is 2. The highest BCUT2D eigenvalue weighted by atomic mass is 16.5. The fourth-order valence-corrected chi connectivity index (χ4v) is 5.33. The number of ether oxygens (including phenoxy) is 1. The molecule has 5 rings (SSSR count). The van der Waals surface area contributed by atoms with Crippen LogP contribution in [-0.4, -0.2) is 39.8 Å². The van der Waals surface area contributed by atoms with E-state index in [-0.39, 0.29) is 29.7 Å². The van der Waals surface area contributed by atoms with Gasteiger partial charge in [-0.05, 0) is 61.1 Å². The molecule has 1 aromatic carbocycles. The monoisotopic (exact) mass is 470 g/mol. The quantitative estimate of drug-likeness (QED) is 0.632. The van der Waals surface area contributed by atoms with Crippen LogP contribution in [0.5, 0.6) is 5.75 Å². The zero-order chi connectivity index (χ0) is 24.4. The Morgan fingerprint density at radius 3 is 2.89 bits per heavy atom. The van der Waals surface area contributed by atoms with Gasteiger partial charge >= 0.3 is 5.97 Å². The van der Waals surface area contributed by atoms with Crippen molar-refractivity contribution in [1.29, 1.82) is 5.26 Å². The van der Waals surface area contributed by atoms with Gasteiger partial charge in [-0.1, -0.05) is 12.1 Å². The summed E-state index contributed by atoms with van der Waals surface area (Å²) in [5, 5.41) is 29.3. The highest BCUT2D eigenvalue weighted by Gasteiger charge is 2.61. The lowest BCUT2D eigenvalue weighted by Crippen LogP contribution is -2.40. The van der Waals surface area contributed by atoms with Crippen LogP contribution < -0.4 is 10.1 Å². The van der Waals surface area contributed by atoms with Crippen LogP contribution in [0.25, 0.3) is 11.1 Å². The largest absolute Gasteiger partial charge is 0.493 e. The Bertz CT molecular complexity index is 1260. The fraction of sp³-hybridized carbons (Fsp3) is 0.370.